The first kappa shape index (κ1) is 11.7. The standard InChI is InChI=1S/C9H7NO6/c10-16-9-5(2-12)7(14)4(1-11)8(15)6(9)3-13/h1-3,14-15H,10H2. The largest absolute Gasteiger partial charge is 0.506 e. The zero-order chi connectivity index (χ0) is 12.3. The molecule has 0 radical (unpaired) electrons. The van der Waals surface area contributed by atoms with E-state index in [1.165, 1.54) is 0 Å². The summed E-state index contributed by atoms with van der Waals surface area (Å²) in [5.41, 5.74) is -1.54. The predicted octanol–water partition coefficient (Wildman–Crippen LogP) is -0.212. The minimum atomic E-state index is -0.798. The number of carbonyl (C=O) groups is 3. The number of carbonyl (C=O) groups excluding carboxylic acids is 3. The topological polar surface area (TPSA) is 127 Å². The quantitative estimate of drug-likeness (QED) is 0.477. The van der Waals surface area contributed by atoms with E-state index in [0.29, 0.717) is 0 Å². The summed E-state index contributed by atoms with van der Waals surface area (Å²) in [6.07, 6.45) is 0.402. The molecule has 0 saturated carbocycles. The van der Waals surface area contributed by atoms with Crippen molar-refractivity contribution in [2.45, 2.75) is 0 Å². The SMILES string of the molecule is NOc1c(C=O)c(O)c(C=O)c(O)c1C=O. The molecule has 0 aromatic heterocycles. The average Bonchev–Trinajstić information content (AvgIpc) is 2.29. The summed E-state index contributed by atoms with van der Waals surface area (Å²) in [7, 11) is 0. The van der Waals surface area contributed by atoms with E-state index in [4.69, 9.17) is 5.90 Å². The Balaban J connectivity index is 3.81. The van der Waals surface area contributed by atoms with Gasteiger partial charge in [-0.3, -0.25) is 14.4 Å². The molecule has 0 amide bonds. The van der Waals surface area contributed by atoms with Crippen LogP contribution >= 0.6 is 0 Å². The van der Waals surface area contributed by atoms with Crippen molar-refractivity contribution in [3.63, 3.8) is 0 Å². The van der Waals surface area contributed by atoms with Crippen molar-refractivity contribution < 1.29 is 29.4 Å². The van der Waals surface area contributed by atoms with E-state index >= 15 is 0 Å². The van der Waals surface area contributed by atoms with Crippen LogP contribution < -0.4 is 10.7 Å². The number of aldehydes is 3. The summed E-state index contributed by atoms with van der Waals surface area (Å²) in [5, 5.41) is 18.9. The predicted molar refractivity (Wildman–Crippen MR) is 50.7 cm³/mol. The highest BCUT2D eigenvalue weighted by Gasteiger charge is 2.24. The summed E-state index contributed by atoms with van der Waals surface area (Å²) in [6.45, 7) is 0. The molecule has 1 rings (SSSR count). The fourth-order valence-corrected chi connectivity index (χ4v) is 1.22. The normalized spacial score (nSPS) is 9.56. The van der Waals surface area contributed by atoms with Crippen molar-refractivity contribution in [3.8, 4) is 17.2 Å². The molecule has 7 nitrogen and oxygen atoms in total. The first-order valence-electron chi connectivity index (χ1n) is 3.96. The maximum absolute atomic E-state index is 10.6. The molecule has 0 fully saturated rings. The number of rotatable bonds is 4. The first-order chi connectivity index (χ1) is 7.62. The Morgan fingerprint density at radius 2 is 1.25 bits per heavy atom. The number of phenolic OH excluding ortho intramolecular Hbond substituents is 2. The summed E-state index contributed by atoms with van der Waals surface area (Å²) in [5.74, 6) is 2.71. The van der Waals surface area contributed by atoms with E-state index in [2.05, 4.69) is 4.84 Å². The van der Waals surface area contributed by atoms with Crippen LogP contribution in [0.5, 0.6) is 17.2 Å². The van der Waals surface area contributed by atoms with Crippen LogP contribution in [0.25, 0.3) is 0 Å². The van der Waals surface area contributed by atoms with Crippen LogP contribution in [0.2, 0.25) is 0 Å². The van der Waals surface area contributed by atoms with Gasteiger partial charge in [-0.15, -0.1) is 0 Å². The van der Waals surface area contributed by atoms with Gasteiger partial charge >= 0.3 is 0 Å². The van der Waals surface area contributed by atoms with Gasteiger partial charge in [-0.05, 0) is 0 Å². The summed E-state index contributed by atoms with van der Waals surface area (Å²) < 4.78 is 0. The van der Waals surface area contributed by atoms with Gasteiger partial charge in [0, 0.05) is 0 Å². The Kier molecular flexibility index (Phi) is 3.21. The summed E-state index contributed by atoms with van der Waals surface area (Å²) >= 11 is 0. The molecule has 1 aromatic carbocycles. The highest BCUT2D eigenvalue weighted by Crippen LogP contribution is 2.39. The lowest BCUT2D eigenvalue weighted by atomic mass is 10.0. The summed E-state index contributed by atoms with van der Waals surface area (Å²) in [4.78, 5) is 36.1. The van der Waals surface area contributed by atoms with Crippen LogP contribution in [0.15, 0.2) is 0 Å². The van der Waals surface area contributed by atoms with Crippen LogP contribution in [-0.2, 0) is 0 Å². The molecular weight excluding hydrogens is 218 g/mol. The Bertz CT molecular complexity index is 433. The minimum Gasteiger partial charge on any atom is -0.506 e. The lowest BCUT2D eigenvalue weighted by Crippen LogP contribution is -2.09. The number of aromatic hydroxyl groups is 2. The molecule has 0 unspecified atom stereocenters. The van der Waals surface area contributed by atoms with Crippen molar-refractivity contribution in [2.24, 2.45) is 5.90 Å². The zero-order valence-electron chi connectivity index (χ0n) is 7.84. The van der Waals surface area contributed by atoms with Crippen molar-refractivity contribution in [1.29, 1.82) is 0 Å². The van der Waals surface area contributed by atoms with Gasteiger partial charge in [0.2, 0.25) is 0 Å². The number of nitrogens with two attached hydrogens (primary N) is 1. The average molecular weight is 225 g/mol. The van der Waals surface area contributed by atoms with Crippen LogP contribution in [0.3, 0.4) is 0 Å². The Morgan fingerprint density at radius 1 is 0.875 bits per heavy atom. The van der Waals surface area contributed by atoms with E-state index in [0.717, 1.165) is 0 Å². The molecule has 0 heterocycles. The molecule has 1 aromatic rings. The molecule has 0 saturated heterocycles. The maximum Gasteiger partial charge on any atom is 0.175 e. The molecule has 4 N–H and O–H groups in total. The van der Waals surface area contributed by atoms with Gasteiger partial charge in [-0.25, -0.2) is 0 Å². The third-order valence-electron chi connectivity index (χ3n) is 1.98. The Labute approximate surface area is 89.0 Å². The molecule has 0 atom stereocenters. The van der Waals surface area contributed by atoms with Crippen LogP contribution in [0.4, 0.5) is 0 Å². The van der Waals surface area contributed by atoms with Gasteiger partial charge < -0.3 is 15.1 Å². The molecule has 0 bridgehead atoms. The summed E-state index contributed by atoms with van der Waals surface area (Å²) in [6, 6.07) is 0. The third kappa shape index (κ3) is 1.48. The van der Waals surface area contributed by atoms with Gasteiger partial charge in [0.1, 0.15) is 22.6 Å². The number of hydrogen-bond donors (Lipinski definition) is 3. The lowest BCUT2D eigenvalue weighted by molar-refractivity contribution is 0.111. The second-order valence-corrected chi connectivity index (χ2v) is 2.74. The monoisotopic (exact) mass is 225 g/mol. The van der Waals surface area contributed by atoms with Crippen LogP contribution in [-0.4, -0.2) is 29.1 Å². The van der Waals surface area contributed by atoms with Crippen molar-refractivity contribution in [2.75, 3.05) is 0 Å². The van der Waals surface area contributed by atoms with Crippen molar-refractivity contribution >= 4 is 18.9 Å². The van der Waals surface area contributed by atoms with Gasteiger partial charge in [-0.1, -0.05) is 0 Å². The highest BCUT2D eigenvalue weighted by atomic mass is 16.6. The van der Waals surface area contributed by atoms with Crippen LogP contribution in [0, 0.1) is 0 Å². The maximum atomic E-state index is 10.6. The van der Waals surface area contributed by atoms with Gasteiger partial charge in [0.25, 0.3) is 0 Å². The fraction of sp³-hybridized carbons (Fsp3) is 0. The Morgan fingerprint density at radius 3 is 1.50 bits per heavy atom. The minimum absolute atomic E-state index is 0.102. The molecular formula is C9H7NO6. The van der Waals surface area contributed by atoms with Gasteiger partial charge in [-0.2, -0.15) is 5.90 Å². The molecule has 0 aliphatic rings. The van der Waals surface area contributed by atoms with E-state index in [-0.39, 0.29) is 18.9 Å². The molecule has 0 aliphatic heterocycles. The molecule has 84 valence electrons. The second-order valence-electron chi connectivity index (χ2n) is 2.74. The number of benzene rings is 1. The van der Waals surface area contributed by atoms with Crippen LogP contribution in [0.1, 0.15) is 31.1 Å². The van der Waals surface area contributed by atoms with E-state index in [9.17, 15) is 24.6 Å². The van der Waals surface area contributed by atoms with E-state index < -0.39 is 33.9 Å². The zero-order valence-corrected chi connectivity index (χ0v) is 7.84. The third-order valence-corrected chi connectivity index (χ3v) is 1.98. The highest BCUT2D eigenvalue weighted by molar-refractivity contribution is 6.00. The number of phenols is 2. The van der Waals surface area contributed by atoms with E-state index in [1.807, 2.05) is 0 Å². The second kappa shape index (κ2) is 4.41. The molecule has 0 aliphatic carbocycles. The lowest BCUT2D eigenvalue weighted by Gasteiger charge is -2.11. The van der Waals surface area contributed by atoms with Crippen molar-refractivity contribution in [3.05, 3.63) is 16.7 Å². The smallest absolute Gasteiger partial charge is 0.175 e. The Hall–Kier alpha value is -2.41. The molecule has 0 spiro atoms. The first-order valence-corrected chi connectivity index (χ1v) is 3.96. The van der Waals surface area contributed by atoms with Gasteiger partial charge in [0.05, 0.1) is 5.56 Å². The molecule has 7 heteroatoms. The number of hydrogen-bond acceptors (Lipinski definition) is 7. The van der Waals surface area contributed by atoms with Gasteiger partial charge in [0.15, 0.2) is 24.6 Å². The van der Waals surface area contributed by atoms with Crippen molar-refractivity contribution in [1.82, 2.24) is 0 Å². The molecule has 16 heavy (non-hydrogen) atoms. The fourth-order valence-electron chi connectivity index (χ4n) is 1.22. The van der Waals surface area contributed by atoms with E-state index in [1.54, 1.807) is 0 Å².